The Hall–Kier alpha value is -2.59. The number of nitrogens with one attached hydrogen (secondary N) is 1. The number of halogens is 1. The first-order chi connectivity index (χ1) is 12.1. The lowest BCUT2D eigenvalue weighted by molar-refractivity contribution is -0.116. The second-order valence-corrected chi connectivity index (χ2v) is 6.30. The summed E-state index contributed by atoms with van der Waals surface area (Å²) in [6.45, 7) is 2.10. The fourth-order valence-electron chi connectivity index (χ4n) is 2.87. The number of carbonyl (C=O) groups excluding carboxylic acids is 2. The van der Waals surface area contributed by atoms with E-state index < -0.39 is 0 Å². The van der Waals surface area contributed by atoms with Crippen LogP contribution >= 0.6 is 11.6 Å². The van der Waals surface area contributed by atoms with Crippen LogP contribution in [0.5, 0.6) is 0 Å². The Morgan fingerprint density at radius 3 is 2.56 bits per heavy atom. The number of carbonyl (C=O) groups is 2. The fraction of sp³-hybridized carbons (Fsp3) is 0.200. The normalized spacial score (nSPS) is 10.8. The third-order valence-corrected chi connectivity index (χ3v) is 4.36. The van der Waals surface area contributed by atoms with Gasteiger partial charge in [-0.2, -0.15) is 0 Å². The number of Topliss-reactive ketones (excluding diaryl/α,β-unsaturated/α-hetero) is 1. The van der Waals surface area contributed by atoms with Crippen LogP contribution in [-0.4, -0.2) is 16.3 Å². The van der Waals surface area contributed by atoms with Crippen molar-refractivity contribution in [3.8, 4) is 0 Å². The fourth-order valence-corrected chi connectivity index (χ4v) is 3.05. The molecule has 0 atom stereocenters. The number of para-hydroxylation sites is 2. The molecule has 2 aromatic carbocycles. The van der Waals surface area contributed by atoms with E-state index in [-0.39, 0.29) is 18.2 Å². The predicted octanol–water partition coefficient (Wildman–Crippen LogP) is 4.92. The molecule has 128 valence electrons. The summed E-state index contributed by atoms with van der Waals surface area (Å²) in [5.74, 6) is -0.0905. The van der Waals surface area contributed by atoms with Crippen LogP contribution in [0.1, 0.15) is 30.1 Å². The Labute approximate surface area is 151 Å². The van der Waals surface area contributed by atoms with E-state index in [1.54, 1.807) is 18.3 Å². The first-order valence-corrected chi connectivity index (χ1v) is 8.63. The third kappa shape index (κ3) is 3.74. The molecule has 1 heterocycles. The lowest BCUT2D eigenvalue weighted by Gasteiger charge is -2.08. The molecular formula is C20H19ClN2O2. The highest BCUT2D eigenvalue weighted by molar-refractivity contribution is 6.33. The van der Waals surface area contributed by atoms with Crippen molar-refractivity contribution in [2.75, 3.05) is 5.32 Å². The molecule has 0 saturated carbocycles. The van der Waals surface area contributed by atoms with Crippen molar-refractivity contribution < 1.29 is 9.59 Å². The van der Waals surface area contributed by atoms with E-state index in [4.69, 9.17) is 11.6 Å². The van der Waals surface area contributed by atoms with Gasteiger partial charge in [-0.05, 0) is 24.6 Å². The first-order valence-electron chi connectivity index (χ1n) is 8.25. The molecule has 0 bridgehead atoms. The van der Waals surface area contributed by atoms with Gasteiger partial charge in [-0.3, -0.25) is 9.59 Å². The topological polar surface area (TPSA) is 51.1 Å². The molecule has 0 saturated heterocycles. The van der Waals surface area contributed by atoms with E-state index in [0.717, 1.165) is 17.3 Å². The van der Waals surface area contributed by atoms with Gasteiger partial charge in [-0.25, -0.2) is 0 Å². The van der Waals surface area contributed by atoms with Crippen LogP contribution in [0.3, 0.4) is 0 Å². The number of benzene rings is 2. The molecular weight excluding hydrogens is 336 g/mol. The molecule has 3 rings (SSSR count). The lowest BCUT2D eigenvalue weighted by Crippen LogP contribution is -2.18. The van der Waals surface area contributed by atoms with Gasteiger partial charge in [-0.1, -0.05) is 48.9 Å². The second kappa shape index (κ2) is 7.53. The summed E-state index contributed by atoms with van der Waals surface area (Å²) in [5, 5.41) is 4.18. The van der Waals surface area contributed by atoms with Crippen LogP contribution in [0.4, 0.5) is 5.69 Å². The van der Waals surface area contributed by atoms with Gasteiger partial charge in [0.1, 0.15) is 6.54 Å². The van der Waals surface area contributed by atoms with E-state index in [1.165, 1.54) is 0 Å². The smallest absolute Gasteiger partial charge is 0.244 e. The van der Waals surface area contributed by atoms with E-state index in [2.05, 4.69) is 5.32 Å². The highest BCUT2D eigenvalue weighted by Gasteiger charge is 2.16. The number of hydrogen-bond acceptors (Lipinski definition) is 2. The van der Waals surface area contributed by atoms with E-state index in [0.29, 0.717) is 22.7 Å². The van der Waals surface area contributed by atoms with Gasteiger partial charge in [0.15, 0.2) is 5.78 Å². The lowest BCUT2D eigenvalue weighted by atomic mass is 10.1. The molecule has 3 aromatic rings. The molecule has 0 aliphatic heterocycles. The maximum absolute atomic E-state index is 12.4. The van der Waals surface area contributed by atoms with Crippen molar-refractivity contribution in [2.45, 2.75) is 26.3 Å². The Balaban J connectivity index is 1.87. The Bertz CT molecular complexity index is 930. The molecule has 0 aliphatic carbocycles. The molecule has 5 heteroatoms. The molecule has 0 unspecified atom stereocenters. The standard InChI is InChI=1S/C20H19ClN2O2/c1-2-7-19(24)15-12-23(18-11-6-3-8-14(15)18)13-20(25)22-17-10-5-4-9-16(17)21/h3-6,8-12H,2,7,13H2,1H3,(H,22,25). The van der Waals surface area contributed by atoms with Gasteiger partial charge >= 0.3 is 0 Å². The van der Waals surface area contributed by atoms with Crippen molar-refractivity contribution in [3.63, 3.8) is 0 Å². The minimum absolute atomic E-state index is 0.101. The van der Waals surface area contributed by atoms with E-state index in [1.807, 2.05) is 47.9 Å². The molecule has 0 radical (unpaired) electrons. The van der Waals surface area contributed by atoms with Gasteiger partial charge in [-0.15, -0.1) is 0 Å². The quantitative estimate of drug-likeness (QED) is 0.639. The summed E-state index contributed by atoms with van der Waals surface area (Å²) in [6, 6.07) is 14.7. The largest absolute Gasteiger partial charge is 0.337 e. The predicted molar refractivity (Wildman–Crippen MR) is 101 cm³/mol. The Morgan fingerprint density at radius 1 is 1.08 bits per heavy atom. The van der Waals surface area contributed by atoms with Crippen molar-refractivity contribution >= 4 is 39.9 Å². The second-order valence-electron chi connectivity index (χ2n) is 5.89. The monoisotopic (exact) mass is 354 g/mol. The van der Waals surface area contributed by atoms with Crippen molar-refractivity contribution in [3.05, 3.63) is 65.3 Å². The van der Waals surface area contributed by atoms with Crippen LogP contribution in [0, 0.1) is 0 Å². The number of rotatable bonds is 6. The highest BCUT2D eigenvalue weighted by atomic mass is 35.5. The molecule has 25 heavy (non-hydrogen) atoms. The first kappa shape index (κ1) is 17.2. The van der Waals surface area contributed by atoms with E-state index >= 15 is 0 Å². The van der Waals surface area contributed by atoms with Gasteiger partial charge in [0.25, 0.3) is 0 Å². The van der Waals surface area contributed by atoms with Crippen LogP contribution < -0.4 is 5.32 Å². The van der Waals surface area contributed by atoms with Crippen LogP contribution in [0.15, 0.2) is 54.7 Å². The molecule has 1 N–H and O–H groups in total. The zero-order valence-electron chi connectivity index (χ0n) is 14.0. The third-order valence-electron chi connectivity index (χ3n) is 4.03. The number of amides is 1. The number of aromatic nitrogens is 1. The minimum atomic E-state index is -0.191. The van der Waals surface area contributed by atoms with Gasteiger partial charge in [0.2, 0.25) is 5.91 Å². The average molecular weight is 355 g/mol. The summed E-state index contributed by atoms with van der Waals surface area (Å²) in [4.78, 5) is 24.8. The van der Waals surface area contributed by atoms with Gasteiger partial charge < -0.3 is 9.88 Å². The van der Waals surface area contributed by atoms with Crippen LogP contribution in [0.2, 0.25) is 5.02 Å². The molecule has 4 nitrogen and oxygen atoms in total. The van der Waals surface area contributed by atoms with Crippen molar-refractivity contribution in [1.29, 1.82) is 0 Å². The molecule has 0 fully saturated rings. The average Bonchev–Trinajstić information content (AvgIpc) is 2.96. The summed E-state index contributed by atoms with van der Waals surface area (Å²) in [6.07, 6.45) is 3.07. The van der Waals surface area contributed by atoms with Crippen molar-refractivity contribution in [2.24, 2.45) is 0 Å². The summed E-state index contributed by atoms with van der Waals surface area (Å²) < 4.78 is 1.81. The summed E-state index contributed by atoms with van der Waals surface area (Å²) >= 11 is 6.08. The summed E-state index contributed by atoms with van der Waals surface area (Å²) in [5.41, 5.74) is 2.12. The number of anilines is 1. The maximum atomic E-state index is 12.4. The minimum Gasteiger partial charge on any atom is -0.337 e. The number of hydrogen-bond donors (Lipinski definition) is 1. The number of fused-ring (bicyclic) bond motifs is 1. The number of ketones is 1. The highest BCUT2D eigenvalue weighted by Crippen LogP contribution is 2.24. The van der Waals surface area contributed by atoms with Gasteiger partial charge in [0.05, 0.1) is 10.7 Å². The van der Waals surface area contributed by atoms with Gasteiger partial charge in [0, 0.05) is 29.1 Å². The Kier molecular flexibility index (Phi) is 5.19. The zero-order chi connectivity index (χ0) is 17.8. The zero-order valence-corrected chi connectivity index (χ0v) is 14.7. The van der Waals surface area contributed by atoms with Crippen LogP contribution in [-0.2, 0) is 11.3 Å². The molecule has 1 amide bonds. The maximum Gasteiger partial charge on any atom is 0.244 e. The van der Waals surface area contributed by atoms with Crippen molar-refractivity contribution in [1.82, 2.24) is 4.57 Å². The SMILES string of the molecule is CCCC(=O)c1cn(CC(=O)Nc2ccccc2Cl)c2ccccc12. The Morgan fingerprint density at radius 2 is 1.80 bits per heavy atom. The molecule has 1 aromatic heterocycles. The molecule has 0 spiro atoms. The van der Waals surface area contributed by atoms with E-state index in [9.17, 15) is 9.59 Å². The van der Waals surface area contributed by atoms with Crippen LogP contribution in [0.25, 0.3) is 10.9 Å². The number of nitrogens with zero attached hydrogens (tertiary/aromatic N) is 1. The molecule has 0 aliphatic rings. The summed E-state index contributed by atoms with van der Waals surface area (Å²) in [7, 11) is 0.